The minimum absolute atomic E-state index is 0.0124. The van der Waals surface area contributed by atoms with Gasteiger partial charge in [0.25, 0.3) is 0 Å². The van der Waals surface area contributed by atoms with E-state index in [0.29, 0.717) is 31.8 Å². The fourth-order valence-electron chi connectivity index (χ4n) is 4.21. The van der Waals surface area contributed by atoms with E-state index >= 15 is 0 Å². The number of benzene rings is 1. The Hall–Kier alpha value is -1.88. The van der Waals surface area contributed by atoms with Crippen molar-refractivity contribution in [1.29, 1.82) is 0 Å². The number of hydrogen-bond acceptors (Lipinski definition) is 3. The summed E-state index contributed by atoms with van der Waals surface area (Å²) < 4.78 is 0. The van der Waals surface area contributed by atoms with Gasteiger partial charge in [-0.15, -0.1) is 0 Å². The Kier molecular flexibility index (Phi) is 5.74. The number of carbonyl (C=O) groups is 2. The van der Waals surface area contributed by atoms with E-state index in [9.17, 15) is 9.59 Å². The summed E-state index contributed by atoms with van der Waals surface area (Å²) in [5, 5.41) is 8.96. The maximum atomic E-state index is 12.9. The largest absolute Gasteiger partial charge is 0.387 e. The van der Waals surface area contributed by atoms with Gasteiger partial charge < -0.3 is 14.9 Å². The smallest absolute Gasteiger partial charge is 0.248 e. The molecule has 2 amide bonds. The Morgan fingerprint density at radius 3 is 2.48 bits per heavy atom. The fraction of sp³-hybridized carbons (Fsp3) is 0.600. The van der Waals surface area contributed by atoms with Gasteiger partial charge in [-0.1, -0.05) is 24.3 Å². The van der Waals surface area contributed by atoms with Gasteiger partial charge >= 0.3 is 0 Å². The lowest BCUT2D eigenvalue weighted by atomic mass is 9.86. The predicted molar refractivity (Wildman–Crippen MR) is 96.1 cm³/mol. The Labute approximate surface area is 149 Å². The van der Waals surface area contributed by atoms with E-state index in [1.165, 1.54) is 11.1 Å². The third-order valence-corrected chi connectivity index (χ3v) is 5.69. The standard InChI is InChI=1S/C20H28N2O3/c1-15-5-2-3-7-18(15)17-6-4-10-22(13-17)20(25)16-8-11-21(12-9-16)19(24)14-23/h2-3,5,7,16-17,23H,4,6,8-14H2,1H3. The van der Waals surface area contributed by atoms with E-state index in [1.54, 1.807) is 4.90 Å². The average molecular weight is 344 g/mol. The molecule has 1 atom stereocenters. The van der Waals surface area contributed by atoms with E-state index < -0.39 is 6.61 Å². The number of aryl methyl sites for hydroxylation is 1. The molecule has 0 aromatic heterocycles. The highest BCUT2D eigenvalue weighted by Gasteiger charge is 2.32. The van der Waals surface area contributed by atoms with Crippen LogP contribution >= 0.6 is 0 Å². The van der Waals surface area contributed by atoms with Crippen molar-refractivity contribution in [2.24, 2.45) is 5.92 Å². The van der Waals surface area contributed by atoms with Crippen LogP contribution in [-0.2, 0) is 9.59 Å². The summed E-state index contributed by atoms with van der Waals surface area (Å²) in [5.74, 6) is 0.450. The van der Waals surface area contributed by atoms with Gasteiger partial charge in [0.2, 0.25) is 11.8 Å². The van der Waals surface area contributed by atoms with Crippen LogP contribution in [-0.4, -0.2) is 59.5 Å². The molecule has 5 heteroatoms. The molecular formula is C20H28N2O3. The summed E-state index contributed by atoms with van der Waals surface area (Å²) in [5.41, 5.74) is 2.67. The second kappa shape index (κ2) is 8.00. The number of nitrogens with zero attached hydrogens (tertiary/aromatic N) is 2. The molecule has 1 aromatic carbocycles. The zero-order valence-electron chi connectivity index (χ0n) is 15.0. The van der Waals surface area contributed by atoms with E-state index in [2.05, 4.69) is 31.2 Å². The lowest BCUT2D eigenvalue weighted by molar-refractivity contribution is -0.142. The molecule has 3 rings (SSSR count). The minimum Gasteiger partial charge on any atom is -0.387 e. The maximum Gasteiger partial charge on any atom is 0.248 e. The Morgan fingerprint density at radius 2 is 1.80 bits per heavy atom. The average Bonchev–Trinajstić information content (AvgIpc) is 2.67. The molecule has 2 heterocycles. The van der Waals surface area contributed by atoms with Gasteiger partial charge in [-0.3, -0.25) is 9.59 Å². The number of amides is 2. The molecule has 136 valence electrons. The second-order valence-electron chi connectivity index (χ2n) is 7.29. The normalized spacial score (nSPS) is 22.1. The van der Waals surface area contributed by atoms with Crippen LogP contribution in [0.1, 0.15) is 42.7 Å². The van der Waals surface area contributed by atoms with Crippen LogP contribution in [0, 0.1) is 12.8 Å². The lowest BCUT2D eigenvalue weighted by Gasteiger charge is -2.38. The lowest BCUT2D eigenvalue weighted by Crippen LogP contribution is -2.47. The molecule has 0 spiro atoms. The fourth-order valence-corrected chi connectivity index (χ4v) is 4.21. The topological polar surface area (TPSA) is 60.9 Å². The number of rotatable bonds is 3. The molecule has 2 aliphatic heterocycles. The highest BCUT2D eigenvalue weighted by Crippen LogP contribution is 2.30. The van der Waals surface area contributed by atoms with Crippen molar-refractivity contribution in [2.75, 3.05) is 32.8 Å². The highest BCUT2D eigenvalue weighted by atomic mass is 16.3. The molecule has 0 aliphatic carbocycles. The first-order chi connectivity index (χ1) is 12.1. The van der Waals surface area contributed by atoms with Crippen molar-refractivity contribution in [2.45, 2.75) is 38.5 Å². The zero-order chi connectivity index (χ0) is 17.8. The first kappa shape index (κ1) is 17.9. The molecule has 1 aromatic rings. The summed E-state index contributed by atoms with van der Waals surface area (Å²) in [6.07, 6.45) is 3.59. The van der Waals surface area contributed by atoms with Crippen molar-refractivity contribution >= 4 is 11.8 Å². The molecule has 25 heavy (non-hydrogen) atoms. The van der Waals surface area contributed by atoms with Crippen molar-refractivity contribution < 1.29 is 14.7 Å². The first-order valence-electron chi connectivity index (χ1n) is 9.33. The number of aliphatic hydroxyl groups is 1. The first-order valence-corrected chi connectivity index (χ1v) is 9.33. The monoisotopic (exact) mass is 344 g/mol. The molecule has 0 radical (unpaired) electrons. The molecule has 1 N–H and O–H groups in total. The van der Waals surface area contributed by atoms with Crippen LogP contribution in [0.15, 0.2) is 24.3 Å². The van der Waals surface area contributed by atoms with Gasteiger partial charge in [-0.25, -0.2) is 0 Å². The summed E-state index contributed by atoms with van der Waals surface area (Å²) in [7, 11) is 0. The third-order valence-electron chi connectivity index (χ3n) is 5.69. The third kappa shape index (κ3) is 4.03. The quantitative estimate of drug-likeness (QED) is 0.911. The van der Waals surface area contributed by atoms with Crippen LogP contribution < -0.4 is 0 Å². The van der Waals surface area contributed by atoms with Crippen LogP contribution in [0.3, 0.4) is 0 Å². The van der Waals surface area contributed by atoms with Crippen molar-refractivity contribution in [3.8, 4) is 0 Å². The van der Waals surface area contributed by atoms with Crippen LogP contribution in [0.2, 0.25) is 0 Å². The Morgan fingerprint density at radius 1 is 1.08 bits per heavy atom. The predicted octanol–water partition coefficient (Wildman–Crippen LogP) is 1.93. The summed E-state index contributed by atoms with van der Waals surface area (Å²) >= 11 is 0. The van der Waals surface area contributed by atoms with Gasteiger partial charge in [-0.2, -0.15) is 0 Å². The SMILES string of the molecule is Cc1ccccc1C1CCCN(C(=O)C2CCN(C(=O)CO)CC2)C1. The van der Waals surface area contributed by atoms with Gasteiger partial charge in [-0.05, 0) is 43.7 Å². The molecular weight excluding hydrogens is 316 g/mol. The number of aliphatic hydroxyl groups excluding tert-OH is 1. The molecule has 1 unspecified atom stereocenters. The summed E-state index contributed by atoms with van der Waals surface area (Å²) in [6.45, 7) is 4.50. The van der Waals surface area contributed by atoms with Gasteiger partial charge in [0, 0.05) is 38.0 Å². The van der Waals surface area contributed by atoms with Crippen molar-refractivity contribution in [3.63, 3.8) is 0 Å². The number of hydrogen-bond donors (Lipinski definition) is 1. The Balaban J connectivity index is 1.59. The number of likely N-dealkylation sites (tertiary alicyclic amines) is 2. The molecule has 2 saturated heterocycles. The van der Waals surface area contributed by atoms with E-state index in [0.717, 1.165) is 25.9 Å². The van der Waals surface area contributed by atoms with E-state index in [1.807, 2.05) is 4.90 Å². The second-order valence-corrected chi connectivity index (χ2v) is 7.29. The van der Waals surface area contributed by atoms with Gasteiger partial charge in [0.05, 0.1) is 0 Å². The van der Waals surface area contributed by atoms with Crippen LogP contribution in [0.5, 0.6) is 0 Å². The minimum atomic E-state index is -0.442. The van der Waals surface area contributed by atoms with E-state index in [4.69, 9.17) is 5.11 Å². The van der Waals surface area contributed by atoms with Crippen molar-refractivity contribution in [1.82, 2.24) is 9.80 Å². The Bertz CT molecular complexity index is 623. The molecule has 0 bridgehead atoms. The summed E-state index contributed by atoms with van der Waals surface area (Å²) in [6, 6.07) is 8.47. The van der Waals surface area contributed by atoms with Crippen molar-refractivity contribution in [3.05, 3.63) is 35.4 Å². The van der Waals surface area contributed by atoms with E-state index in [-0.39, 0.29) is 17.7 Å². The molecule has 5 nitrogen and oxygen atoms in total. The number of carbonyl (C=O) groups excluding carboxylic acids is 2. The van der Waals surface area contributed by atoms with Crippen LogP contribution in [0.4, 0.5) is 0 Å². The van der Waals surface area contributed by atoms with Gasteiger partial charge in [0.1, 0.15) is 6.61 Å². The summed E-state index contributed by atoms with van der Waals surface area (Å²) in [4.78, 5) is 28.2. The zero-order valence-corrected chi connectivity index (χ0v) is 15.0. The molecule has 2 aliphatic rings. The highest BCUT2D eigenvalue weighted by molar-refractivity contribution is 5.80. The molecule has 0 saturated carbocycles. The van der Waals surface area contributed by atoms with Gasteiger partial charge in [0.15, 0.2) is 0 Å². The van der Waals surface area contributed by atoms with Crippen LogP contribution in [0.25, 0.3) is 0 Å². The maximum absolute atomic E-state index is 12.9. The number of piperidine rings is 2. The molecule has 2 fully saturated rings.